The number of anilines is 2. The molecule has 0 atom stereocenters. The van der Waals surface area contributed by atoms with E-state index in [-0.39, 0.29) is 5.95 Å². The average Bonchev–Trinajstić information content (AvgIpc) is 2.36. The van der Waals surface area contributed by atoms with Gasteiger partial charge in [-0.2, -0.15) is 4.98 Å². The molecule has 0 aliphatic rings. The zero-order valence-electron chi connectivity index (χ0n) is 10.5. The number of aromatic nitrogens is 2. The molecule has 0 fully saturated rings. The van der Waals surface area contributed by atoms with Crippen molar-refractivity contribution >= 4 is 17.5 Å². The maximum atomic E-state index is 6.66. The van der Waals surface area contributed by atoms with Crippen LogP contribution in [0.25, 0.3) is 0 Å². The summed E-state index contributed by atoms with van der Waals surface area (Å²) >= 11 is 0. The molecule has 0 saturated heterocycles. The lowest BCUT2D eigenvalue weighted by atomic mass is 10.0. The molecule has 19 heavy (non-hydrogen) atoms. The van der Waals surface area contributed by atoms with Gasteiger partial charge in [-0.25, -0.2) is 4.98 Å². The van der Waals surface area contributed by atoms with Crippen molar-refractivity contribution in [3.8, 4) is 0 Å². The average molecular weight is 256 g/mol. The third kappa shape index (κ3) is 2.91. The Morgan fingerprint density at radius 2 is 1.89 bits per heavy atom. The number of hydrogen-bond donors (Lipinski definition) is 3. The standard InChI is InChI=1S/C12H14N7/c1-7-10(11(13)17-12(14)16-7)6-8-2-4-9(5-3-8)18-19-15/h2-5,15H,6H2,1H3,(H4,13,14,16,17)/q+1. The van der Waals surface area contributed by atoms with Gasteiger partial charge in [-0.1, -0.05) is 12.1 Å². The number of rotatable bonds is 3. The van der Waals surface area contributed by atoms with E-state index in [2.05, 4.69) is 20.0 Å². The minimum Gasteiger partial charge on any atom is -0.383 e. The summed E-state index contributed by atoms with van der Waals surface area (Å²) in [4.78, 5) is 11.0. The molecular weight excluding hydrogens is 242 g/mol. The Bertz CT molecular complexity index is 619. The summed E-state index contributed by atoms with van der Waals surface area (Å²) in [5.74, 6) is 0.588. The van der Waals surface area contributed by atoms with Crippen molar-refractivity contribution in [1.82, 2.24) is 14.9 Å². The van der Waals surface area contributed by atoms with Crippen molar-refractivity contribution in [1.29, 1.82) is 5.53 Å². The summed E-state index contributed by atoms with van der Waals surface area (Å²) in [5, 5.41) is 3.63. The molecule has 0 saturated carbocycles. The first kappa shape index (κ1) is 12.7. The van der Waals surface area contributed by atoms with Crippen LogP contribution in [0.2, 0.25) is 0 Å². The Balaban J connectivity index is 2.28. The minimum absolute atomic E-state index is 0.185. The quantitative estimate of drug-likeness (QED) is 0.570. The largest absolute Gasteiger partial charge is 0.383 e. The first-order chi connectivity index (χ1) is 9.10. The van der Waals surface area contributed by atoms with E-state index in [0.717, 1.165) is 16.8 Å². The molecule has 0 aliphatic carbocycles. The van der Waals surface area contributed by atoms with E-state index < -0.39 is 0 Å². The van der Waals surface area contributed by atoms with Crippen molar-refractivity contribution in [3.05, 3.63) is 41.1 Å². The second kappa shape index (κ2) is 5.24. The highest BCUT2D eigenvalue weighted by Crippen LogP contribution is 2.20. The molecule has 5 N–H and O–H groups in total. The van der Waals surface area contributed by atoms with Crippen LogP contribution in [0.4, 0.5) is 17.5 Å². The van der Waals surface area contributed by atoms with Gasteiger partial charge in [0.25, 0.3) is 0 Å². The van der Waals surface area contributed by atoms with Gasteiger partial charge in [0, 0.05) is 17.7 Å². The highest BCUT2D eigenvalue weighted by atomic mass is 15.1. The maximum absolute atomic E-state index is 6.66. The highest BCUT2D eigenvalue weighted by Gasteiger charge is 2.09. The molecule has 0 radical (unpaired) electrons. The molecule has 0 aliphatic heterocycles. The first-order valence-corrected chi connectivity index (χ1v) is 5.65. The van der Waals surface area contributed by atoms with E-state index in [4.69, 9.17) is 17.0 Å². The van der Waals surface area contributed by atoms with Crippen molar-refractivity contribution in [3.63, 3.8) is 0 Å². The van der Waals surface area contributed by atoms with Gasteiger partial charge in [0.1, 0.15) is 11.3 Å². The van der Waals surface area contributed by atoms with E-state index in [1.807, 2.05) is 19.1 Å². The summed E-state index contributed by atoms with van der Waals surface area (Å²) in [7, 11) is 0. The lowest BCUT2D eigenvalue weighted by molar-refractivity contribution is 0.990. The Morgan fingerprint density at radius 1 is 1.21 bits per heavy atom. The molecule has 1 aromatic carbocycles. The maximum Gasteiger partial charge on any atom is 0.222 e. The van der Waals surface area contributed by atoms with Crippen LogP contribution in [0.15, 0.2) is 29.4 Å². The molecular formula is C12H14N7+. The minimum atomic E-state index is 0.185. The van der Waals surface area contributed by atoms with Crippen LogP contribution in [0.3, 0.4) is 0 Å². The number of nitrogen functional groups attached to an aromatic ring is 2. The monoisotopic (exact) mass is 256 g/mol. The molecule has 1 aromatic heterocycles. The van der Waals surface area contributed by atoms with Crippen molar-refractivity contribution in [2.45, 2.75) is 13.3 Å². The van der Waals surface area contributed by atoms with Crippen LogP contribution in [0.5, 0.6) is 0 Å². The van der Waals surface area contributed by atoms with Gasteiger partial charge >= 0.3 is 0 Å². The number of hydrogen-bond acceptors (Lipinski definition) is 6. The highest BCUT2D eigenvalue weighted by molar-refractivity contribution is 5.48. The SMILES string of the molecule is Cc1nc(N)nc(N)c1Cc1ccc(N=[N+]=N)cc1. The molecule has 2 rings (SSSR count). The van der Waals surface area contributed by atoms with Crippen LogP contribution >= 0.6 is 0 Å². The fraction of sp³-hybridized carbons (Fsp3) is 0.167. The molecule has 0 bridgehead atoms. The third-order valence-corrected chi connectivity index (χ3v) is 2.75. The van der Waals surface area contributed by atoms with Crippen molar-refractivity contribution < 1.29 is 0 Å². The Hall–Kier alpha value is -2.79. The van der Waals surface area contributed by atoms with Crippen LogP contribution in [0, 0.1) is 12.5 Å². The van der Waals surface area contributed by atoms with E-state index in [0.29, 0.717) is 17.9 Å². The van der Waals surface area contributed by atoms with Gasteiger partial charge < -0.3 is 11.5 Å². The van der Waals surface area contributed by atoms with Gasteiger partial charge in [-0.05, 0) is 24.6 Å². The Morgan fingerprint density at radius 3 is 2.47 bits per heavy atom. The molecule has 7 heteroatoms. The third-order valence-electron chi connectivity index (χ3n) is 2.75. The van der Waals surface area contributed by atoms with Crippen LogP contribution in [-0.4, -0.2) is 9.97 Å². The molecule has 0 unspecified atom stereocenters. The molecule has 0 amide bonds. The lowest BCUT2D eigenvalue weighted by Gasteiger charge is -2.08. The van der Waals surface area contributed by atoms with Gasteiger partial charge in [-0.3, -0.25) is 0 Å². The van der Waals surface area contributed by atoms with Crippen LogP contribution in [0.1, 0.15) is 16.8 Å². The predicted molar refractivity (Wildman–Crippen MR) is 71.8 cm³/mol. The summed E-state index contributed by atoms with van der Waals surface area (Å²) < 4.78 is 0. The van der Waals surface area contributed by atoms with E-state index >= 15 is 0 Å². The zero-order chi connectivity index (χ0) is 13.8. The van der Waals surface area contributed by atoms with E-state index in [1.165, 1.54) is 0 Å². The fourth-order valence-electron chi connectivity index (χ4n) is 1.80. The van der Waals surface area contributed by atoms with E-state index in [9.17, 15) is 0 Å². The van der Waals surface area contributed by atoms with Crippen molar-refractivity contribution in [2.75, 3.05) is 11.5 Å². The van der Waals surface area contributed by atoms with Crippen LogP contribution < -0.4 is 16.4 Å². The number of benzene rings is 1. The molecule has 1 heterocycles. The number of aryl methyl sites for hydroxylation is 1. The number of nitrogens with two attached hydrogens (primary N) is 2. The molecule has 7 nitrogen and oxygen atoms in total. The summed E-state index contributed by atoms with van der Waals surface area (Å²) in [6.45, 7) is 1.85. The smallest absolute Gasteiger partial charge is 0.222 e. The van der Waals surface area contributed by atoms with Gasteiger partial charge in [0.2, 0.25) is 10.9 Å². The number of nitrogens with zero attached hydrogens (tertiary/aromatic N) is 4. The van der Waals surface area contributed by atoms with Gasteiger partial charge in [0.15, 0.2) is 10.8 Å². The van der Waals surface area contributed by atoms with Crippen molar-refractivity contribution in [2.24, 2.45) is 5.11 Å². The van der Waals surface area contributed by atoms with E-state index in [1.54, 1.807) is 12.1 Å². The summed E-state index contributed by atoms with van der Waals surface area (Å²) in [6, 6.07) is 7.38. The second-order valence-electron chi connectivity index (χ2n) is 4.07. The number of nitrogens with one attached hydrogen (secondary N) is 1. The van der Waals surface area contributed by atoms with Gasteiger partial charge in [-0.15, -0.1) is 0 Å². The molecule has 2 aromatic rings. The Labute approximate surface area is 109 Å². The topological polar surface area (TPSA) is 128 Å². The predicted octanol–water partition coefficient (Wildman–Crippen LogP) is 1.72. The van der Waals surface area contributed by atoms with Gasteiger partial charge in [0.05, 0.1) is 0 Å². The fourth-order valence-corrected chi connectivity index (χ4v) is 1.80. The molecule has 0 spiro atoms. The zero-order valence-corrected chi connectivity index (χ0v) is 10.5. The summed E-state index contributed by atoms with van der Waals surface area (Å²) in [6.07, 6.45) is 0.621. The summed E-state index contributed by atoms with van der Waals surface area (Å²) in [5.41, 5.74) is 21.4. The second-order valence-corrected chi connectivity index (χ2v) is 4.07. The normalized spacial score (nSPS) is 9.95. The first-order valence-electron chi connectivity index (χ1n) is 5.65. The lowest BCUT2D eigenvalue weighted by Crippen LogP contribution is -2.07. The van der Waals surface area contributed by atoms with Crippen LogP contribution in [-0.2, 0) is 6.42 Å². The molecule has 96 valence electrons. The Kier molecular flexibility index (Phi) is 3.49.